The molecule has 0 aliphatic carbocycles. The first kappa shape index (κ1) is 15.1. The van der Waals surface area contributed by atoms with Gasteiger partial charge >= 0.3 is 0 Å². The predicted molar refractivity (Wildman–Crippen MR) is 78.5 cm³/mol. The molecule has 0 atom stereocenters. The van der Waals surface area contributed by atoms with Crippen LogP contribution < -0.4 is 5.32 Å². The monoisotopic (exact) mass is 286 g/mol. The molecule has 2 aromatic rings. The van der Waals surface area contributed by atoms with Gasteiger partial charge in [-0.2, -0.15) is 5.26 Å². The molecule has 0 heterocycles. The van der Waals surface area contributed by atoms with Crippen molar-refractivity contribution in [3.05, 3.63) is 59.2 Å². The summed E-state index contributed by atoms with van der Waals surface area (Å²) in [4.78, 5) is 0. The maximum atomic E-state index is 14.1. The lowest BCUT2D eigenvalue weighted by atomic mass is 10.0. The van der Waals surface area contributed by atoms with Crippen molar-refractivity contribution in [1.82, 2.24) is 5.32 Å². The summed E-state index contributed by atoms with van der Waals surface area (Å²) in [5, 5.41) is 12.0. The van der Waals surface area contributed by atoms with Gasteiger partial charge in [0.05, 0.1) is 11.6 Å². The molecule has 0 radical (unpaired) electrons. The molecular formula is C17H16F2N2. The van der Waals surface area contributed by atoms with Gasteiger partial charge in [0.2, 0.25) is 0 Å². The molecule has 0 saturated carbocycles. The van der Waals surface area contributed by atoms with Gasteiger partial charge in [-0.1, -0.05) is 26.0 Å². The summed E-state index contributed by atoms with van der Waals surface area (Å²) in [5.74, 6) is -0.849. The van der Waals surface area contributed by atoms with Crippen LogP contribution in [0.15, 0.2) is 36.4 Å². The van der Waals surface area contributed by atoms with Crippen LogP contribution in [0.1, 0.15) is 25.0 Å². The van der Waals surface area contributed by atoms with Crippen molar-refractivity contribution in [1.29, 1.82) is 5.26 Å². The fourth-order valence-corrected chi connectivity index (χ4v) is 2.01. The van der Waals surface area contributed by atoms with E-state index in [1.807, 2.05) is 19.9 Å². The normalized spacial score (nSPS) is 10.7. The van der Waals surface area contributed by atoms with E-state index in [4.69, 9.17) is 5.26 Å². The Balaban J connectivity index is 2.32. The van der Waals surface area contributed by atoms with Gasteiger partial charge in [0.25, 0.3) is 0 Å². The summed E-state index contributed by atoms with van der Waals surface area (Å²) >= 11 is 0. The minimum atomic E-state index is -0.505. The maximum absolute atomic E-state index is 14.1. The average molecular weight is 286 g/mol. The van der Waals surface area contributed by atoms with E-state index in [1.165, 1.54) is 12.1 Å². The van der Waals surface area contributed by atoms with Gasteiger partial charge in [0.1, 0.15) is 11.6 Å². The van der Waals surface area contributed by atoms with Gasteiger partial charge < -0.3 is 5.32 Å². The van der Waals surface area contributed by atoms with Crippen LogP contribution in [0.2, 0.25) is 0 Å². The molecule has 108 valence electrons. The van der Waals surface area contributed by atoms with E-state index in [1.54, 1.807) is 18.2 Å². The van der Waals surface area contributed by atoms with Crippen molar-refractivity contribution >= 4 is 0 Å². The summed E-state index contributed by atoms with van der Waals surface area (Å²) in [6.45, 7) is 4.42. The maximum Gasteiger partial charge on any atom is 0.128 e. The molecule has 2 aromatic carbocycles. The molecule has 0 saturated heterocycles. The number of hydrogen-bond acceptors (Lipinski definition) is 2. The van der Waals surface area contributed by atoms with E-state index < -0.39 is 5.82 Å². The Labute approximate surface area is 123 Å². The minimum Gasteiger partial charge on any atom is -0.310 e. The lowest BCUT2D eigenvalue weighted by Gasteiger charge is -2.10. The number of benzene rings is 2. The van der Waals surface area contributed by atoms with E-state index in [2.05, 4.69) is 5.32 Å². The smallest absolute Gasteiger partial charge is 0.128 e. The minimum absolute atomic E-state index is 0.218. The van der Waals surface area contributed by atoms with Gasteiger partial charge in [0, 0.05) is 18.2 Å². The van der Waals surface area contributed by atoms with Gasteiger partial charge in [-0.25, -0.2) is 8.78 Å². The fourth-order valence-electron chi connectivity index (χ4n) is 2.01. The van der Waals surface area contributed by atoms with E-state index >= 15 is 0 Å². The van der Waals surface area contributed by atoms with Crippen LogP contribution >= 0.6 is 0 Å². The van der Waals surface area contributed by atoms with Gasteiger partial charge in [-0.3, -0.25) is 0 Å². The van der Waals surface area contributed by atoms with Crippen molar-refractivity contribution in [3.63, 3.8) is 0 Å². The molecule has 0 amide bonds. The second-order valence-corrected chi connectivity index (χ2v) is 5.18. The third-order valence-corrected chi connectivity index (χ3v) is 3.11. The first-order valence-electron chi connectivity index (χ1n) is 6.72. The van der Waals surface area contributed by atoms with Crippen LogP contribution in [0.3, 0.4) is 0 Å². The van der Waals surface area contributed by atoms with E-state index in [9.17, 15) is 8.78 Å². The average Bonchev–Trinajstić information content (AvgIpc) is 2.45. The van der Waals surface area contributed by atoms with E-state index in [-0.39, 0.29) is 17.4 Å². The third kappa shape index (κ3) is 3.87. The van der Waals surface area contributed by atoms with Crippen LogP contribution in [0.4, 0.5) is 8.78 Å². The zero-order chi connectivity index (χ0) is 15.4. The Kier molecular flexibility index (Phi) is 4.66. The third-order valence-electron chi connectivity index (χ3n) is 3.11. The van der Waals surface area contributed by atoms with Crippen molar-refractivity contribution in [2.24, 2.45) is 0 Å². The zero-order valence-electron chi connectivity index (χ0n) is 12.0. The summed E-state index contributed by atoms with van der Waals surface area (Å²) in [5.41, 5.74) is 1.82. The molecule has 1 N–H and O–H groups in total. The molecule has 4 heteroatoms. The molecule has 0 fully saturated rings. The standard InChI is InChI=1S/C17H16F2N2/c1-11(2)21-10-14-4-3-13(8-17(14)19)15-5-12(9-20)6-16(18)7-15/h3-8,11,21H,10H2,1-2H3. The molecule has 2 nitrogen and oxygen atoms in total. The largest absolute Gasteiger partial charge is 0.310 e. The Morgan fingerprint density at radius 2 is 1.86 bits per heavy atom. The first-order chi connectivity index (χ1) is 9.99. The zero-order valence-corrected chi connectivity index (χ0v) is 12.0. The van der Waals surface area contributed by atoms with Crippen molar-refractivity contribution in [3.8, 4) is 17.2 Å². The lowest BCUT2D eigenvalue weighted by Crippen LogP contribution is -2.22. The Morgan fingerprint density at radius 1 is 1.10 bits per heavy atom. The summed E-state index contributed by atoms with van der Waals surface area (Å²) in [6, 6.07) is 10.9. The second-order valence-electron chi connectivity index (χ2n) is 5.18. The predicted octanol–water partition coefficient (Wildman–Crippen LogP) is 4.00. The molecule has 0 spiro atoms. The fraction of sp³-hybridized carbons (Fsp3) is 0.235. The molecule has 21 heavy (non-hydrogen) atoms. The van der Waals surface area contributed by atoms with Crippen LogP contribution in [0, 0.1) is 23.0 Å². The Morgan fingerprint density at radius 3 is 2.48 bits per heavy atom. The highest BCUT2D eigenvalue weighted by atomic mass is 19.1. The molecule has 0 aliphatic heterocycles. The molecule has 0 bridgehead atoms. The van der Waals surface area contributed by atoms with Crippen LogP contribution in [0.25, 0.3) is 11.1 Å². The van der Waals surface area contributed by atoms with Crippen molar-refractivity contribution in [2.75, 3.05) is 0 Å². The quantitative estimate of drug-likeness (QED) is 0.922. The molecular weight excluding hydrogens is 270 g/mol. The van der Waals surface area contributed by atoms with Crippen LogP contribution in [0.5, 0.6) is 0 Å². The number of nitriles is 1. The van der Waals surface area contributed by atoms with Crippen molar-refractivity contribution < 1.29 is 8.78 Å². The number of nitrogens with one attached hydrogen (secondary N) is 1. The second kappa shape index (κ2) is 6.47. The number of hydrogen-bond donors (Lipinski definition) is 1. The highest BCUT2D eigenvalue weighted by Gasteiger charge is 2.08. The molecule has 0 unspecified atom stereocenters. The highest BCUT2D eigenvalue weighted by Crippen LogP contribution is 2.24. The Bertz CT molecular complexity index is 688. The number of rotatable bonds is 4. The lowest BCUT2D eigenvalue weighted by molar-refractivity contribution is 0.553. The molecule has 2 rings (SSSR count). The number of nitrogens with zero attached hydrogens (tertiary/aromatic N) is 1. The topological polar surface area (TPSA) is 35.8 Å². The molecule has 0 aromatic heterocycles. The van der Waals surface area contributed by atoms with E-state index in [0.717, 1.165) is 6.07 Å². The van der Waals surface area contributed by atoms with Crippen molar-refractivity contribution in [2.45, 2.75) is 26.4 Å². The highest BCUT2D eigenvalue weighted by molar-refractivity contribution is 5.65. The summed E-state index contributed by atoms with van der Waals surface area (Å²) in [7, 11) is 0. The van der Waals surface area contributed by atoms with Crippen LogP contribution in [-0.4, -0.2) is 6.04 Å². The van der Waals surface area contributed by atoms with E-state index in [0.29, 0.717) is 23.2 Å². The van der Waals surface area contributed by atoms with Crippen LogP contribution in [-0.2, 0) is 6.54 Å². The number of halogens is 2. The SMILES string of the molecule is CC(C)NCc1ccc(-c2cc(F)cc(C#N)c2)cc1F. The summed E-state index contributed by atoms with van der Waals surface area (Å²) < 4.78 is 27.5. The Hall–Kier alpha value is -2.25. The molecule has 0 aliphatic rings. The summed E-state index contributed by atoms with van der Waals surface area (Å²) in [6.07, 6.45) is 0. The first-order valence-corrected chi connectivity index (χ1v) is 6.72. The van der Waals surface area contributed by atoms with Gasteiger partial charge in [0.15, 0.2) is 0 Å². The van der Waals surface area contributed by atoms with Gasteiger partial charge in [-0.05, 0) is 35.4 Å². The van der Waals surface area contributed by atoms with Gasteiger partial charge in [-0.15, -0.1) is 0 Å².